The Morgan fingerprint density at radius 2 is 1.81 bits per heavy atom. The van der Waals surface area contributed by atoms with Crippen LogP contribution in [0.5, 0.6) is 0 Å². The minimum atomic E-state index is 0.839. The number of aromatic nitrogens is 3. The lowest BCUT2D eigenvalue weighted by molar-refractivity contribution is 0.993. The van der Waals surface area contributed by atoms with E-state index >= 15 is 0 Å². The minimum Gasteiger partial charge on any atom is -0.358 e. The molecule has 4 nitrogen and oxygen atoms in total. The molecule has 2 aromatic heterocycles. The van der Waals surface area contributed by atoms with Gasteiger partial charge < -0.3 is 5.32 Å². The van der Waals surface area contributed by atoms with Crippen LogP contribution in [0.25, 0.3) is 5.69 Å². The molecule has 0 aliphatic heterocycles. The zero-order valence-electron chi connectivity index (χ0n) is 10.1. The van der Waals surface area contributed by atoms with Crippen molar-refractivity contribution < 1.29 is 0 Å². The quantitative estimate of drug-likeness (QED) is 0.837. The number of aryl methyl sites for hydroxylation is 3. The summed E-state index contributed by atoms with van der Waals surface area (Å²) in [6.45, 7) is 5.99. The molecule has 2 heterocycles. The molecule has 4 heteroatoms. The van der Waals surface area contributed by atoms with Crippen LogP contribution in [0.2, 0.25) is 0 Å². The molecule has 0 fully saturated rings. The van der Waals surface area contributed by atoms with Crippen LogP contribution >= 0.6 is 0 Å². The van der Waals surface area contributed by atoms with Gasteiger partial charge in [0.25, 0.3) is 0 Å². The summed E-state index contributed by atoms with van der Waals surface area (Å²) in [5.74, 6) is 0.839. The predicted molar refractivity (Wildman–Crippen MR) is 65.1 cm³/mol. The second-order valence-electron chi connectivity index (χ2n) is 3.88. The second-order valence-corrected chi connectivity index (χ2v) is 3.88. The largest absolute Gasteiger partial charge is 0.358 e. The molecule has 1 N–H and O–H groups in total. The summed E-state index contributed by atoms with van der Waals surface area (Å²) in [5.41, 5.74) is 4.10. The zero-order chi connectivity index (χ0) is 11.7. The Labute approximate surface area is 95.4 Å². The first-order chi connectivity index (χ1) is 7.61. The van der Waals surface area contributed by atoms with E-state index in [1.807, 2.05) is 44.6 Å². The van der Waals surface area contributed by atoms with Crippen molar-refractivity contribution in [3.05, 3.63) is 35.4 Å². The normalized spacial score (nSPS) is 10.5. The van der Waals surface area contributed by atoms with Crippen molar-refractivity contribution in [2.75, 3.05) is 12.4 Å². The molecule has 0 amide bonds. The summed E-state index contributed by atoms with van der Waals surface area (Å²) >= 11 is 0. The highest BCUT2D eigenvalue weighted by atomic mass is 15.2. The van der Waals surface area contributed by atoms with Gasteiger partial charge in [-0.25, -0.2) is 4.98 Å². The molecule has 0 radical (unpaired) electrons. The molecule has 0 aliphatic carbocycles. The van der Waals surface area contributed by atoms with Crippen molar-refractivity contribution >= 4 is 5.95 Å². The number of anilines is 1. The molecule has 2 rings (SSSR count). The first kappa shape index (κ1) is 10.7. The van der Waals surface area contributed by atoms with Crippen LogP contribution in [-0.4, -0.2) is 21.6 Å². The van der Waals surface area contributed by atoms with Gasteiger partial charge in [-0.1, -0.05) is 0 Å². The van der Waals surface area contributed by atoms with E-state index in [1.54, 1.807) is 0 Å². The fourth-order valence-corrected chi connectivity index (χ4v) is 1.79. The van der Waals surface area contributed by atoms with Crippen LogP contribution in [0.3, 0.4) is 0 Å². The van der Waals surface area contributed by atoms with Crippen molar-refractivity contribution in [1.29, 1.82) is 0 Å². The maximum Gasteiger partial charge on any atom is 0.207 e. The van der Waals surface area contributed by atoms with Gasteiger partial charge in [-0.05, 0) is 32.9 Å². The van der Waals surface area contributed by atoms with Gasteiger partial charge in [-0.2, -0.15) is 0 Å². The highest BCUT2D eigenvalue weighted by molar-refractivity contribution is 5.45. The number of nitrogens with zero attached hydrogens (tertiary/aromatic N) is 3. The van der Waals surface area contributed by atoms with Crippen LogP contribution in [-0.2, 0) is 0 Å². The van der Waals surface area contributed by atoms with Crippen molar-refractivity contribution in [1.82, 2.24) is 14.5 Å². The number of hydrogen-bond acceptors (Lipinski definition) is 3. The summed E-state index contributed by atoms with van der Waals surface area (Å²) < 4.78 is 2.02. The van der Waals surface area contributed by atoms with Crippen molar-refractivity contribution in [3.63, 3.8) is 0 Å². The molecule has 0 aromatic carbocycles. The van der Waals surface area contributed by atoms with Gasteiger partial charge in [0.15, 0.2) is 0 Å². The SMILES string of the molecule is CNc1nc(C)cn1-c1ccc(C)nc1C. The second kappa shape index (κ2) is 3.96. The van der Waals surface area contributed by atoms with Gasteiger partial charge in [-0.15, -0.1) is 0 Å². The van der Waals surface area contributed by atoms with Crippen LogP contribution in [0.4, 0.5) is 5.95 Å². The van der Waals surface area contributed by atoms with E-state index in [4.69, 9.17) is 0 Å². The third kappa shape index (κ3) is 1.78. The summed E-state index contributed by atoms with van der Waals surface area (Å²) in [6.07, 6.45) is 2.01. The Morgan fingerprint density at radius 3 is 2.44 bits per heavy atom. The molecule has 0 saturated carbocycles. The molecule has 0 atom stereocenters. The van der Waals surface area contributed by atoms with Gasteiger partial charge in [0, 0.05) is 18.9 Å². The van der Waals surface area contributed by atoms with Crippen molar-refractivity contribution in [2.24, 2.45) is 0 Å². The number of nitrogens with one attached hydrogen (secondary N) is 1. The van der Waals surface area contributed by atoms with E-state index < -0.39 is 0 Å². The smallest absolute Gasteiger partial charge is 0.207 e. The van der Waals surface area contributed by atoms with Gasteiger partial charge in [-0.3, -0.25) is 9.55 Å². The summed E-state index contributed by atoms with van der Waals surface area (Å²) in [7, 11) is 1.87. The monoisotopic (exact) mass is 216 g/mol. The first-order valence-corrected chi connectivity index (χ1v) is 5.30. The lowest BCUT2D eigenvalue weighted by atomic mass is 10.2. The van der Waals surface area contributed by atoms with Gasteiger partial charge in [0.05, 0.1) is 17.1 Å². The molecule has 2 aromatic rings. The maximum absolute atomic E-state index is 4.46. The lowest BCUT2D eigenvalue weighted by Crippen LogP contribution is -2.03. The molecule has 0 aliphatic rings. The van der Waals surface area contributed by atoms with Crippen LogP contribution < -0.4 is 5.32 Å². The Balaban J connectivity index is 2.57. The fraction of sp³-hybridized carbons (Fsp3) is 0.333. The first-order valence-electron chi connectivity index (χ1n) is 5.30. The van der Waals surface area contributed by atoms with Crippen molar-refractivity contribution in [2.45, 2.75) is 20.8 Å². The van der Waals surface area contributed by atoms with E-state index in [9.17, 15) is 0 Å². The van der Waals surface area contributed by atoms with Gasteiger partial charge >= 0.3 is 0 Å². The Kier molecular flexibility index (Phi) is 2.64. The molecule has 0 spiro atoms. The number of rotatable bonds is 2. The topological polar surface area (TPSA) is 42.7 Å². The van der Waals surface area contributed by atoms with Crippen molar-refractivity contribution in [3.8, 4) is 5.69 Å². The summed E-state index contributed by atoms with van der Waals surface area (Å²) in [4.78, 5) is 8.85. The molecular weight excluding hydrogens is 200 g/mol. The Hall–Kier alpha value is -1.84. The third-order valence-corrected chi connectivity index (χ3v) is 2.51. The highest BCUT2D eigenvalue weighted by Gasteiger charge is 2.08. The van der Waals surface area contributed by atoms with E-state index in [2.05, 4.69) is 21.4 Å². The van der Waals surface area contributed by atoms with Gasteiger partial charge in [0.2, 0.25) is 5.95 Å². The molecule has 84 valence electrons. The fourth-order valence-electron chi connectivity index (χ4n) is 1.79. The van der Waals surface area contributed by atoms with Crippen LogP contribution in [0.1, 0.15) is 17.1 Å². The molecule has 0 bridgehead atoms. The average Bonchev–Trinajstić information content (AvgIpc) is 2.59. The van der Waals surface area contributed by atoms with E-state index in [0.717, 1.165) is 28.7 Å². The lowest BCUT2D eigenvalue weighted by Gasteiger charge is -2.09. The molecule has 16 heavy (non-hydrogen) atoms. The predicted octanol–water partition coefficient (Wildman–Crippen LogP) is 2.23. The van der Waals surface area contributed by atoms with E-state index in [1.165, 1.54) is 0 Å². The third-order valence-electron chi connectivity index (χ3n) is 2.51. The average molecular weight is 216 g/mol. The molecular formula is C12H16N4. The number of pyridine rings is 1. The summed E-state index contributed by atoms with van der Waals surface area (Å²) in [5, 5.41) is 3.08. The van der Waals surface area contributed by atoms with Gasteiger partial charge in [0.1, 0.15) is 0 Å². The highest BCUT2D eigenvalue weighted by Crippen LogP contribution is 2.18. The van der Waals surface area contributed by atoms with Crippen LogP contribution in [0, 0.1) is 20.8 Å². The number of imidazole rings is 1. The Morgan fingerprint density at radius 1 is 1.06 bits per heavy atom. The standard InChI is InChI=1S/C12H16N4/c1-8-5-6-11(10(3)14-8)16-7-9(2)15-12(16)13-4/h5-7H,1-4H3,(H,13,15). The van der Waals surface area contributed by atoms with E-state index in [0.29, 0.717) is 0 Å². The Bertz CT molecular complexity index is 514. The number of hydrogen-bond donors (Lipinski definition) is 1. The zero-order valence-corrected chi connectivity index (χ0v) is 10.1. The molecule has 0 saturated heterocycles. The summed E-state index contributed by atoms with van der Waals surface area (Å²) in [6, 6.07) is 4.08. The molecule has 0 unspecified atom stereocenters. The van der Waals surface area contributed by atoms with Crippen LogP contribution in [0.15, 0.2) is 18.3 Å². The maximum atomic E-state index is 4.46. The van der Waals surface area contributed by atoms with E-state index in [-0.39, 0.29) is 0 Å². The minimum absolute atomic E-state index is 0.839.